The quantitative estimate of drug-likeness (QED) is 0.187. The number of carbonyl (C=O) groups is 1. The van der Waals surface area contributed by atoms with Crippen molar-refractivity contribution in [1.29, 1.82) is 0 Å². The van der Waals surface area contributed by atoms with Crippen LogP contribution in [-0.4, -0.2) is 18.2 Å². The number of hydrogen-bond acceptors (Lipinski definition) is 2. The lowest BCUT2D eigenvalue weighted by Gasteiger charge is -2.61. The number of alkyl halides is 3. The van der Waals surface area contributed by atoms with Crippen LogP contribution in [0.2, 0.25) is 0 Å². The Kier molecular flexibility index (Phi) is 8.47. The van der Waals surface area contributed by atoms with E-state index in [4.69, 9.17) is 4.74 Å². The summed E-state index contributed by atoms with van der Waals surface area (Å²) in [4.78, 5) is 11.9. The molecule has 0 spiro atoms. The van der Waals surface area contributed by atoms with Crippen LogP contribution in [0, 0.1) is 52.3 Å². The Morgan fingerprint density at radius 2 is 1.62 bits per heavy atom. The summed E-state index contributed by atoms with van der Waals surface area (Å²) in [5.74, 6) is 1.44. The fraction of sp³-hybridized carbons (Fsp3) is 0.903. The van der Waals surface area contributed by atoms with E-state index in [1.165, 1.54) is 51.4 Å². The Bertz CT molecular complexity index is 851. The zero-order chi connectivity index (χ0) is 27.2. The van der Waals surface area contributed by atoms with Crippen LogP contribution in [0.1, 0.15) is 112 Å². The van der Waals surface area contributed by atoms with Crippen LogP contribution in [0.15, 0.2) is 11.9 Å². The van der Waals surface area contributed by atoms with Gasteiger partial charge < -0.3 is 4.74 Å². The zero-order valence-electron chi connectivity index (χ0n) is 23.5. The largest absolute Gasteiger partial charge is 0.459 e. The molecule has 0 saturated heterocycles. The summed E-state index contributed by atoms with van der Waals surface area (Å²) in [6.45, 7) is 12.2. The summed E-state index contributed by atoms with van der Waals surface area (Å²) in [6, 6.07) is 0. The molecule has 6 heteroatoms. The molecule has 4 saturated carbocycles. The number of fused-ring (bicyclic) bond motifs is 5. The van der Waals surface area contributed by atoms with Gasteiger partial charge in [0.1, 0.15) is 6.10 Å². The smallest absolute Gasteiger partial charge is 0.443 e. The van der Waals surface area contributed by atoms with Crippen LogP contribution < -0.4 is 0 Å². The molecule has 4 rings (SSSR count). The number of carbonyl (C=O) groups excluding carboxylic acids is 1. The second-order valence-electron chi connectivity index (χ2n) is 14.0. The van der Waals surface area contributed by atoms with E-state index in [1.807, 2.05) is 0 Å². The SMILES string of the molecule is CC(C)CCC[C@@H](C)[C@H]1CC[C@H]2[C@@H]3CC[C@H]4C[C@@H](OC(=O)/C=C(\F)C(F)(F)F)CC[C@]4(C)[C@H]3CC[C@]12C. The lowest BCUT2D eigenvalue weighted by Crippen LogP contribution is -2.54. The number of hydrogen-bond donors (Lipinski definition) is 0. The molecule has 37 heavy (non-hydrogen) atoms. The monoisotopic (exact) mass is 528 g/mol. The third kappa shape index (κ3) is 5.78. The van der Waals surface area contributed by atoms with E-state index in [1.54, 1.807) is 0 Å². The minimum absolute atomic E-state index is 0.0486. The third-order valence-electron chi connectivity index (χ3n) is 11.6. The first-order chi connectivity index (χ1) is 17.3. The molecule has 4 aliphatic carbocycles. The van der Waals surface area contributed by atoms with E-state index in [2.05, 4.69) is 34.6 Å². The van der Waals surface area contributed by atoms with Crippen LogP contribution in [0.3, 0.4) is 0 Å². The molecule has 0 radical (unpaired) electrons. The Hall–Kier alpha value is -1.07. The molecule has 0 heterocycles. The van der Waals surface area contributed by atoms with Gasteiger partial charge in [0.15, 0.2) is 0 Å². The average Bonchev–Trinajstić information content (AvgIpc) is 3.15. The molecule has 0 bridgehead atoms. The summed E-state index contributed by atoms with van der Waals surface area (Å²) in [7, 11) is 0. The van der Waals surface area contributed by atoms with Crippen LogP contribution >= 0.6 is 0 Å². The zero-order valence-corrected chi connectivity index (χ0v) is 23.5. The normalized spacial score (nSPS) is 41.1. The Labute approximate surface area is 221 Å². The molecule has 212 valence electrons. The summed E-state index contributed by atoms with van der Waals surface area (Å²) < 4.78 is 55.8. The van der Waals surface area contributed by atoms with Crippen molar-refractivity contribution in [3.63, 3.8) is 0 Å². The molecule has 0 unspecified atom stereocenters. The fourth-order valence-electron chi connectivity index (χ4n) is 9.73. The van der Waals surface area contributed by atoms with Crippen molar-refractivity contribution < 1.29 is 27.1 Å². The van der Waals surface area contributed by atoms with E-state index in [0.29, 0.717) is 30.1 Å². The molecule has 9 atom stereocenters. The van der Waals surface area contributed by atoms with Gasteiger partial charge >= 0.3 is 12.1 Å². The van der Waals surface area contributed by atoms with Gasteiger partial charge in [-0.25, -0.2) is 9.18 Å². The van der Waals surface area contributed by atoms with Crippen LogP contribution in [-0.2, 0) is 9.53 Å². The highest BCUT2D eigenvalue weighted by molar-refractivity contribution is 5.82. The van der Waals surface area contributed by atoms with Crippen molar-refractivity contribution in [1.82, 2.24) is 0 Å². The second kappa shape index (κ2) is 10.8. The molecule has 0 N–H and O–H groups in total. The highest BCUT2D eigenvalue weighted by atomic mass is 19.4. The van der Waals surface area contributed by atoms with E-state index in [-0.39, 0.29) is 11.5 Å². The lowest BCUT2D eigenvalue weighted by molar-refractivity contribution is -0.159. The van der Waals surface area contributed by atoms with Gasteiger partial charge in [-0.05, 0) is 110 Å². The summed E-state index contributed by atoms with van der Waals surface area (Å²) in [5, 5.41) is 0. The van der Waals surface area contributed by atoms with Crippen LogP contribution in [0.4, 0.5) is 17.6 Å². The third-order valence-corrected chi connectivity index (χ3v) is 11.6. The number of ether oxygens (including phenoxy) is 1. The van der Waals surface area contributed by atoms with Gasteiger partial charge in [0, 0.05) is 0 Å². The first kappa shape index (κ1) is 28.9. The van der Waals surface area contributed by atoms with Gasteiger partial charge in [-0.2, -0.15) is 13.2 Å². The molecular formula is C31H48F4O2. The van der Waals surface area contributed by atoms with Gasteiger partial charge in [-0.3, -0.25) is 0 Å². The van der Waals surface area contributed by atoms with Gasteiger partial charge in [0.25, 0.3) is 0 Å². The van der Waals surface area contributed by atoms with Crippen LogP contribution in [0.25, 0.3) is 0 Å². The van der Waals surface area contributed by atoms with Crippen LogP contribution in [0.5, 0.6) is 0 Å². The van der Waals surface area contributed by atoms with E-state index >= 15 is 0 Å². The van der Waals surface area contributed by atoms with Crippen molar-refractivity contribution in [2.24, 2.45) is 52.3 Å². The molecule has 0 aliphatic heterocycles. The highest BCUT2D eigenvalue weighted by Crippen LogP contribution is 2.68. The maximum Gasteiger partial charge on any atom is 0.443 e. The summed E-state index contributed by atoms with van der Waals surface area (Å²) >= 11 is 0. The van der Waals surface area contributed by atoms with E-state index in [0.717, 1.165) is 42.4 Å². The number of allylic oxidation sites excluding steroid dienone is 1. The second-order valence-corrected chi connectivity index (χ2v) is 14.0. The standard InChI is InChI=1S/C31H48F4O2/c1-19(2)7-6-8-20(3)24-11-12-25-23-10-9-21-17-22(37-28(36)18-27(32)31(33,34)35)13-15-29(21,4)26(23)14-16-30(24,25)5/h18-26H,6-17H2,1-5H3/b27-18-/t20-,21+,22+,23+,24-,25+,26+,29+,30-/m1/s1. The van der Waals surface area contributed by atoms with Crippen molar-refractivity contribution in [2.75, 3.05) is 0 Å². The van der Waals surface area contributed by atoms with Crippen molar-refractivity contribution in [3.05, 3.63) is 11.9 Å². The van der Waals surface area contributed by atoms with Crippen molar-refractivity contribution in [2.45, 2.75) is 124 Å². The van der Waals surface area contributed by atoms with E-state index in [9.17, 15) is 22.4 Å². The van der Waals surface area contributed by atoms with Crippen molar-refractivity contribution >= 4 is 5.97 Å². The predicted octanol–water partition coefficient (Wildman–Crippen LogP) is 9.44. The Balaban J connectivity index is 1.38. The van der Waals surface area contributed by atoms with Crippen molar-refractivity contribution in [3.8, 4) is 0 Å². The molecule has 2 nitrogen and oxygen atoms in total. The highest BCUT2D eigenvalue weighted by Gasteiger charge is 2.60. The van der Waals surface area contributed by atoms with Gasteiger partial charge in [0.2, 0.25) is 5.83 Å². The molecular weight excluding hydrogens is 480 g/mol. The minimum Gasteiger partial charge on any atom is -0.459 e. The van der Waals surface area contributed by atoms with Gasteiger partial charge in [0.05, 0.1) is 6.08 Å². The molecule has 0 aromatic rings. The number of halogens is 4. The maximum absolute atomic E-state index is 13.2. The van der Waals surface area contributed by atoms with E-state index < -0.39 is 24.1 Å². The molecule has 0 aromatic carbocycles. The Morgan fingerprint density at radius 3 is 2.30 bits per heavy atom. The summed E-state index contributed by atoms with van der Waals surface area (Å²) in [5.41, 5.74) is 0.643. The molecule has 4 aliphatic rings. The minimum atomic E-state index is -5.15. The Morgan fingerprint density at radius 1 is 0.946 bits per heavy atom. The molecule has 0 amide bonds. The first-order valence-corrected chi connectivity index (χ1v) is 14.9. The topological polar surface area (TPSA) is 26.3 Å². The summed E-state index contributed by atoms with van der Waals surface area (Å²) in [6.07, 6.45) is 8.27. The average molecular weight is 529 g/mol. The van der Waals surface area contributed by atoms with Gasteiger partial charge in [-0.1, -0.05) is 53.9 Å². The molecule has 0 aromatic heterocycles. The lowest BCUT2D eigenvalue weighted by atomic mass is 9.44. The maximum atomic E-state index is 13.2. The van der Waals surface area contributed by atoms with Gasteiger partial charge in [-0.15, -0.1) is 0 Å². The predicted molar refractivity (Wildman–Crippen MR) is 138 cm³/mol. The fourth-order valence-corrected chi connectivity index (χ4v) is 9.73. The first-order valence-electron chi connectivity index (χ1n) is 14.9. The number of rotatable bonds is 7. The number of esters is 1. The molecule has 4 fully saturated rings.